The minimum atomic E-state index is -0.216. The van der Waals surface area contributed by atoms with Gasteiger partial charge in [0.25, 0.3) is 11.8 Å². The molecule has 1 aliphatic heterocycles. The summed E-state index contributed by atoms with van der Waals surface area (Å²) in [6.45, 7) is 1.53. The van der Waals surface area contributed by atoms with Gasteiger partial charge in [0.1, 0.15) is 0 Å². The summed E-state index contributed by atoms with van der Waals surface area (Å²) >= 11 is 0. The Balaban J connectivity index is 1.84. The van der Waals surface area contributed by atoms with Gasteiger partial charge in [-0.15, -0.1) is 0 Å². The van der Waals surface area contributed by atoms with Gasteiger partial charge in [-0.25, -0.2) is 0 Å². The Labute approximate surface area is 127 Å². The lowest BCUT2D eigenvalue weighted by atomic mass is 9.97. The summed E-state index contributed by atoms with van der Waals surface area (Å²) < 4.78 is 17.0. The zero-order chi connectivity index (χ0) is 15.7. The van der Waals surface area contributed by atoms with Crippen molar-refractivity contribution in [2.75, 3.05) is 27.4 Å². The van der Waals surface area contributed by atoms with Crippen molar-refractivity contribution < 1.29 is 18.8 Å². The standard InChI is InChI=1S/C14H18N4O4/c1-17-5-9-6-18(7-10(8-20-2)13(9)15-17)14(19)11-4-12(21-3)16-22-11/h4-5,10H,6-8H2,1-3H3. The molecular formula is C14H18N4O4. The molecule has 0 fully saturated rings. The Morgan fingerprint density at radius 2 is 2.32 bits per heavy atom. The van der Waals surface area contributed by atoms with Gasteiger partial charge in [0.15, 0.2) is 0 Å². The summed E-state index contributed by atoms with van der Waals surface area (Å²) in [6, 6.07) is 1.49. The largest absolute Gasteiger partial charge is 0.479 e. The number of hydrogen-bond acceptors (Lipinski definition) is 6. The first-order chi connectivity index (χ1) is 10.6. The van der Waals surface area contributed by atoms with Crippen LogP contribution in [0.15, 0.2) is 16.8 Å². The monoisotopic (exact) mass is 306 g/mol. The van der Waals surface area contributed by atoms with Crippen molar-refractivity contribution in [3.8, 4) is 5.88 Å². The van der Waals surface area contributed by atoms with Gasteiger partial charge in [-0.1, -0.05) is 0 Å². The third kappa shape index (κ3) is 2.57. The van der Waals surface area contributed by atoms with Gasteiger partial charge in [-0.05, 0) is 5.16 Å². The molecule has 1 aliphatic rings. The average molecular weight is 306 g/mol. The summed E-state index contributed by atoms with van der Waals surface area (Å²) in [5.41, 5.74) is 2.01. The fourth-order valence-corrected chi connectivity index (χ4v) is 2.74. The molecule has 3 rings (SSSR count). The van der Waals surface area contributed by atoms with E-state index in [1.54, 1.807) is 16.7 Å². The first kappa shape index (κ1) is 14.6. The summed E-state index contributed by atoms with van der Waals surface area (Å²) in [5.74, 6) is 0.284. The molecule has 0 saturated heterocycles. The van der Waals surface area contributed by atoms with E-state index in [0.29, 0.717) is 19.7 Å². The molecular weight excluding hydrogens is 288 g/mol. The number of aryl methyl sites for hydroxylation is 1. The number of hydrogen-bond donors (Lipinski definition) is 0. The topological polar surface area (TPSA) is 82.6 Å². The molecule has 0 radical (unpaired) electrons. The zero-order valence-corrected chi connectivity index (χ0v) is 12.8. The van der Waals surface area contributed by atoms with E-state index in [4.69, 9.17) is 14.0 Å². The molecule has 0 aromatic carbocycles. The van der Waals surface area contributed by atoms with E-state index in [1.807, 2.05) is 13.2 Å². The molecule has 1 unspecified atom stereocenters. The van der Waals surface area contributed by atoms with Gasteiger partial charge in [-0.2, -0.15) is 5.10 Å². The van der Waals surface area contributed by atoms with Crippen LogP contribution in [0.25, 0.3) is 0 Å². The summed E-state index contributed by atoms with van der Waals surface area (Å²) in [4.78, 5) is 14.3. The number of methoxy groups -OCH3 is 2. The first-order valence-corrected chi connectivity index (χ1v) is 6.93. The van der Waals surface area contributed by atoms with E-state index in [2.05, 4.69) is 10.3 Å². The number of carbonyl (C=O) groups is 1. The fourth-order valence-electron chi connectivity index (χ4n) is 2.74. The predicted molar refractivity (Wildman–Crippen MR) is 75.6 cm³/mol. The van der Waals surface area contributed by atoms with Crippen molar-refractivity contribution in [2.45, 2.75) is 12.5 Å². The van der Waals surface area contributed by atoms with Crippen LogP contribution in [0.3, 0.4) is 0 Å². The minimum Gasteiger partial charge on any atom is -0.479 e. The maximum Gasteiger partial charge on any atom is 0.292 e. The zero-order valence-electron chi connectivity index (χ0n) is 12.8. The minimum absolute atomic E-state index is 0.0451. The van der Waals surface area contributed by atoms with E-state index in [0.717, 1.165) is 11.3 Å². The number of aromatic nitrogens is 3. The highest BCUT2D eigenvalue weighted by atomic mass is 16.5. The van der Waals surface area contributed by atoms with Gasteiger partial charge in [0.05, 0.1) is 25.5 Å². The molecule has 1 amide bonds. The normalized spacial score (nSPS) is 17.4. The number of ether oxygens (including phenoxy) is 2. The molecule has 0 spiro atoms. The Kier molecular flexibility index (Phi) is 3.84. The summed E-state index contributed by atoms with van der Waals surface area (Å²) in [5, 5.41) is 8.15. The van der Waals surface area contributed by atoms with Gasteiger partial charge >= 0.3 is 0 Å². The van der Waals surface area contributed by atoms with E-state index in [9.17, 15) is 4.79 Å². The molecule has 8 heteroatoms. The van der Waals surface area contributed by atoms with E-state index >= 15 is 0 Å². The molecule has 1 atom stereocenters. The van der Waals surface area contributed by atoms with Crippen molar-refractivity contribution in [2.24, 2.45) is 7.05 Å². The predicted octanol–water partition coefficient (Wildman–Crippen LogP) is 0.803. The lowest BCUT2D eigenvalue weighted by Gasteiger charge is -2.30. The second-order valence-electron chi connectivity index (χ2n) is 5.28. The Bertz CT molecular complexity index is 678. The van der Waals surface area contributed by atoms with Crippen LogP contribution in [-0.4, -0.2) is 53.1 Å². The molecule has 118 valence electrons. The molecule has 0 aliphatic carbocycles. The SMILES string of the molecule is COCC1CN(C(=O)c2cc(OC)no2)Cc2cn(C)nc21. The maximum absolute atomic E-state index is 12.6. The molecule has 2 aromatic heterocycles. The number of rotatable bonds is 4. The second kappa shape index (κ2) is 5.80. The lowest BCUT2D eigenvalue weighted by molar-refractivity contribution is 0.0638. The van der Waals surface area contributed by atoms with Crippen LogP contribution in [0.4, 0.5) is 0 Å². The van der Waals surface area contributed by atoms with Crippen molar-refractivity contribution in [3.63, 3.8) is 0 Å². The van der Waals surface area contributed by atoms with Crippen molar-refractivity contribution in [1.82, 2.24) is 19.8 Å². The van der Waals surface area contributed by atoms with Gasteiger partial charge in [-0.3, -0.25) is 9.48 Å². The maximum atomic E-state index is 12.6. The molecule has 8 nitrogen and oxygen atoms in total. The van der Waals surface area contributed by atoms with E-state index in [1.165, 1.54) is 13.2 Å². The molecule has 3 heterocycles. The third-order valence-electron chi connectivity index (χ3n) is 3.69. The molecule has 2 aromatic rings. The Morgan fingerprint density at radius 3 is 3.00 bits per heavy atom. The quantitative estimate of drug-likeness (QED) is 0.831. The van der Waals surface area contributed by atoms with Gasteiger partial charge in [0.2, 0.25) is 5.76 Å². The molecule has 0 saturated carbocycles. The molecule has 0 bridgehead atoms. The van der Waals surface area contributed by atoms with Crippen molar-refractivity contribution in [3.05, 3.63) is 29.3 Å². The number of fused-ring (bicyclic) bond motifs is 1. The summed E-state index contributed by atoms with van der Waals surface area (Å²) in [7, 11) is 4.99. The van der Waals surface area contributed by atoms with Crippen molar-refractivity contribution >= 4 is 5.91 Å². The lowest BCUT2D eigenvalue weighted by Crippen LogP contribution is -2.39. The van der Waals surface area contributed by atoms with Crippen LogP contribution >= 0.6 is 0 Å². The van der Waals surface area contributed by atoms with Crippen LogP contribution in [-0.2, 0) is 18.3 Å². The average Bonchev–Trinajstić information content (AvgIpc) is 3.12. The number of carbonyl (C=O) groups excluding carboxylic acids is 1. The van der Waals surface area contributed by atoms with Crippen molar-refractivity contribution in [1.29, 1.82) is 0 Å². The smallest absolute Gasteiger partial charge is 0.292 e. The Morgan fingerprint density at radius 1 is 1.50 bits per heavy atom. The molecule has 0 N–H and O–H groups in total. The highest BCUT2D eigenvalue weighted by molar-refractivity contribution is 5.91. The fraction of sp³-hybridized carbons (Fsp3) is 0.500. The van der Waals surface area contributed by atoms with E-state index < -0.39 is 0 Å². The van der Waals surface area contributed by atoms with Crippen LogP contribution < -0.4 is 4.74 Å². The Hall–Kier alpha value is -2.35. The molecule has 22 heavy (non-hydrogen) atoms. The number of nitrogens with zero attached hydrogens (tertiary/aromatic N) is 4. The second-order valence-corrected chi connectivity index (χ2v) is 5.28. The highest BCUT2D eigenvalue weighted by Gasteiger charge is 2.32. The van der Waals surface area contributed by atoms with Gasteiger partial charge in [0, 0.05) is 44.9 Å². The highest BCUT2D eigenvalue weighted by Crippen LogP contribution is 2.28. The summed E-state index contributed by atoms with van der Waals surface area (Å²) in [6.07, 6.45) is 1.93. The first-order valence-electron chi connectivity index (χ1n) is 6.93. The number of amides is 1. The van der Waals surface area contributed by atoms with Crippen LogP contribution in [0.1, 0.15) is 27.7 Å². The van der Waals surface area contributed by atoms with Gasteiger partial charge < -0.3 is 18.9 Å². The van der Waals surface area contributed by atoms with Crippen LogP contribution in [0.2, 0.25) is 0 Å². The van der Waals surface area contributed by atoms with Crippen LogP contribution in [0.5, 0.6) is 5.88 Å². The van der Waals surface area contributed by atoms with Crippen LogP contribution in [0, 0.1) is 0 Å². The third-order valence-corrected chi connectivity index (χ3v) is 3.69. The van der Waals surface area contributed by atoms with E-state index in [-0.39, 0.29) is 23.5 Å².